The number of carbonyl (C=O) groups is 1. The van der Waals surface area contributed by atoms with E-state index >= 15 is 0 Å². The third-order valence-electron chi connectivity index (χ3n) is 3.63. The molecule has 1 aliphatic carbocycles. The molecule has 0 radical (unpaired) electrons. The highest BCUT2D eigenvalue weighted by molar-refractivity contribution is 7.99. The molecule has 2 unspecified atom stereocenters. The van der Waals surface area contributed by atoms with Gasteiger partial charge in [0.05, 0.1) is 17.9 Å². The highest BCUT2D eigenvalue weighted by atomic mass is 32.2. The van der Waals surface area contributed by atoms with E-state index in [4.69, 9.17) is 9.84 Å². The Balaban J connectivity index is 1.88. The quantitative estimate of drug-likeness (QED) is 0.828. The predicted molar refractivity (Wildman–Crippen MR) is 69.4 cm³/mol. The maximum Gasteiger partial charge on any atom is 0.313 e. The first-order valence-corrected chi connectivity index (χ1v) is 7.56. The summed E-state index contributed by atoms with van der Waals surface area (Å²) < 4.78 is 7.75. The summed E-state index contributed by atoms with van der Waals surface area (Å²) in [4.78, 5) is 10.7. The fourth-order valence-corrected chi connectivity index (χ4v) is 3.22. The van der Waals surface area contributed by atoms with Gasteiger partial charge in [-0.25, -0.2) is 0 Å². The average Bonchev–Trinajstić information content (AvgIpc) is 3.00. The number of nitrogens with zero attached hydrogens (tertiary/aromatic N) is 3. The van der Waals surface area contributed by atoms with E-state index in [-0.39, 0.29) is 17.9 Å². The molecular formula is C12H17N3O3S. The van der Waals surface area contributed by atoms with Gasteiger partial charge in [-0.1, -0.05) is 11.8 Å². The summed E-state index contributed by atoms with van der Waals surface area (Å²) in [6, 6.07) is 0.238. The van der Waals surface area contributed by atoms with E-state index in [1.54, 1.807) is 0 Å². The fraction of sp³-hybridized carbons (Fsp3) is 0.750. The first kappa shape index (κ1) is 12.9. The molecule has 1 aliphatic heterocycles. The Kier molecular flexibility index (Phi) is 3.49. The van der Waals surface area contributed by atoms with Crippen molar-refractivity contribution in [1.29, 1.82) is 0 Å². The molecule has 19 heavy (non-hydrogen) atoms. The van der Waals surface area contributed by atoms with Crippen LogP contribution >= 0.6 is 11.8 Å². The second-order valence-corrected chi connectivity index (χ2v) is 6.04. The van der Waals surface area contributed by atoms with Gasteiger partial charge >= 0.3 is 5.97 Å². The van der Waals surface area contributed by atoms with Crippen molar-refractivity contribution >= 4 is 17.7 Å². The molecule has 2 aliphatic rings. The van der Waals surface area contributed by atoms with Gasteiger partial charge in [0, 0.05) is 12.5 Å². The fourth-order valence-electron chi connectivity index (χ4n) is 2.50. The Morgan fingerprint density at radius 1 is 1.47 bits per heavy atom. The third-order valence-corrected chi connectivity index (χ3v) is 4.55. The van der Waals surface area contributed by atoms with E-state index in [9.17, 15) is 4.79 Å². The second-order valence-electron chi connectivity index (χ2n) is 5.10. The Labute approximate surface area is 115 Å². The Hall–Kier alpha value is -1.08. The predicted octanol–water partition coefficient (Wildman–Crippen LogP) is 1.68. The van der Waals surface area contributed by atoms with Crippen molar-refractivity contribution in [3.05, 3.63) is 5.82 Å². The molecule has 0 spiro atoms. The summed E-state index contributed by atoms with van der Waals surface area (Å²) in [6.45, 7) is 2.80. The number of ether oxygens (including phenoxy) is 1. The molecule has 2 atom stereocenters. The van der Waals surface area contributed by atoms with Crippen LogP contribution in [0.4, 0.5) is 0 Å². The van der Waals surface area contributed by atoms with Crippen molar-refractivity contribution in [2.45, 2.75) is 49.4 Å². The van der Waals surface area contributed by atoms with Crippen molar-refractivity contribution in [2.24, 2.45) is 0 Å². The van der Waals surface area contributed by atoms with E-state index < -0.39 is 5.97 Å². The molecular weight excluding hydrogens is 266 g/mol. The molecule has 1 aromatic heterocycles. The number of carboxylic acid groups (broad SMARTS) is 1. The van der Waals surface area contributed by atoms with E-state index in [0.29, 0.717) is 11.1 Å². The molecule has 0 amide bonds. The van der Waals surface area contributed by atoms with Crippen LogP contribution in [0.2, 0.25) is 0 Å². The number of rotatable bonds is 5. The molecule has 1 saturated heterocycles. The molecule has 3 rings (SSSR count). The van der Waals surface area contributed by atoms with Crippen LogP contribution in [-0.2, 0) is 9.53 Å². The standard InChI is InChI=1S/C12H17N3O3S/c1-7-9(4-5-18-7)15-11(8-2-3-8)13-14-12(15)19-6-10(16)17/h7-9H,2-6H2,1H3,(H,16,17). The summed E-state index contributed by atoms with van der Waals surface area (Å²) in [5.74, 6) is 0.697. The van der Waals surface area contributed by atoms with Gasteiger partial charge < -0.3 is 9.84 Å². The lowest BCUT2D eigenvalue weighted by molar-refractivity contribution is -0.133. The van der Waals surface area contributed by atoms with E-state index in [1.165, 1.54) is 11.8 Å². The SMILES string of the molecule is CC1OCCC1n1c(SCC(=O)O)nnc1C1CC1. The highest BCUT2D eigenvalue weighted by Crippen LogP contribution is 2.42. The number of aromatic nitrogens is 3. The second kappa shape index (κ2) is 5.13. The Morgan fingerprint density at radius 3 is 2.84 bits per heavy atom. The normalized spacial score (nSPS) is 26.8. The zero-order chi connectivity index (χ0) is 13.4. The van der Waals surface area contributed by atoms with Crippen molar-refractivity contribution in [3.8, 4) is 0 Å². The smallest absolute Gasteiger partial charge is 0.313 e. The van der Waals surface area contributed by atoms with Gasteiger partial charge in [0.25, 0.3) is 0 Å². The molecule has 1 aromatic rings. The monoisotopic (exact) mass is 283 g/mol. The Morgan fingerprint density at radius 2 is 2.26 bits per heavy atom. The molecule has 2 heterocycles. The lowest BCUT2D eigenvalue weighted by Gasteiger charge is -2.19. The van der Waals surface area contributed by atoms with Crippen LogP contribution in [0.15, 0.2) is 5.16 Å². The van der Waals surface area contributed by atoms with Gasteiger partial charge in [-0.3, -0.25) is 9.36 Å². The molecule has 6 nitrogen and oxygen atoms in total. The first-order chi connectivity index (χ1) is 9.16. The van der Waals surface area contributed by atoms with E-state index in [2.05, 4.69) is 21.7 Å². The Bertz CT molecular complexity index is 487. The number of carboxylic acids is 1. The molecule has 104 valence electrons. The molecule has 0 aromatic carbocycles. The summed E-state index contributed by atoms with van der Waals surface area (Å²) in [5, 5.41) is 18.0. The molecule has 1 N–H and O–H groups in total. The van der Waals surface area contributed by atoms with Crippen molar-refractivity contribution < 1.29 is 14.6 Å². The van der Waals surface area contributed by atoms with Crippen molar-refractivity contribution in [1.82, 2.24) is 14.8 Å². The third kappa shape index (κ3) is 2.62. The minimum atomic E-state index is -0.830. The number of hydrogen-bond donors (Lipinski definition) is 1. The summed E-state index contributed by atoms with van der Waals surface area (Å²) >= 11 is 1.24. The zero-order valence-electron chi connectivity index (χ0n) is 10.8. The maximum absolute atomic E-state index is 10.7. The lowest BCUT2D eigenvalue weighted by atomic mass is 10.1. The van der Waals surface area contributed by atoms with Gasteiger partial charge in [-0.15, -0.1) is 10.2 Å². The van der Waals surface area contributed by atoms with Crippen molar-refractivity contribution in [3.63, 3.8) is 0 Å². The van der Waals surface area contributed by atoms with Gasteiger partial charge in [0.15, 0.2) is 5.16 Å². The topological polar surface area (TPSA) is 77.2 Å². The van der Waals surface area contributed by atoms with Crippen LogP contribution < -0.4 is 0 Å². The highest BCUT2D eigenvalue weighted by Gasteiger charge is 2.36. The van der Waals surface area contributed by atoms with Gasteiger partial charge in [-0.2, -0.15) is 0 Å². The summed E-state index contributed by atoms with van der Waals surface area (Å²) in [5.41, 5.74) is 0. The van der Waals surface area contributed by atoms with Gasteiger partial charge in [0.2, 0.25) is 0 Å². The first-order valence-electron chi connectivity index (χ1n) is 6.58. The van der Waals surface area contributed by atoms with Crippen LogP contribution in [0, 0.1) is 0 Å². The van der Waals surface area contributed by atoms with Gasteiger partial charge in [0.1, 0.15) is 5.82 Å². The van der Waals surface area contributed by atoms with Crippen LogP contribution in [0.5, 0.6) is 0 Å². The largest absolute Gasteiger partial charge is 0.481 e. The van der Waals surface area contributed by atoms with Crippen molar-refractivity contribution in [2.75, 3.05) is 12.4 Å². The minimum absolute atomic E-state index is 0.0186. The molecule has 7 heteroatoms. The maximum atomic E-state index is 10.7. The van der Waals surface area contributed by atoms with E-state index in [0.717, 1.165) is 31.7 Å². The van der Waals surface area contributed by atoms with Crippen LogP contribution in [0.25, 0.3) is 0 Å². The minimum Gasteiger partial charge on any atom is -0.481 e. The van der Waals surface area contributed by atoms with Crippen LogP contribution in [0.1, 0.15) is 44.0 Å². The molecule has 0 bridgehead atoms. The lowest BCUT2D eigenvalue weighted by Crippen LogP contribution is -2.20. The zero-order valence-corrected chi connectivity index (χ0v) is 11.6. The van der Waals surface area contributed by atoms with Crippen LogP contribution in [0.3, 0.4) is 0 Å². The number of thioether (sulfide) groups is 1. The van der Waals surface area contributed by atoms with Crippen LogP contribution in [-0.4, -0.2) is 44.3 Å². The number of aliphatic carboxylic acids is 1. The molecule has 2 fully saturated rings. The number of hydrogen-bond acceptors (Lipinski definition) is 5. The van der Waals surface area contributed by atoms with Gasteiger partial charge in [-0.05, 0) is 26.2 Å². The van der Waals surface area contributed by atoms with E-state index in [1.807, 2.05) is 0 Å². The molecule has 1 saturated carbocycles. The summed E-state index contributed by atoms with van der Waals surface area (Å²) in [6.07, 6.45) is 3.39. The average molecular weight is 283 g/mol. The summed E-state index contributed by atoms with van der Waals surface area (Å²) in [7, 11) is 0.